The summed E-state index contributed by atoms with van der Waals surface area (Å²) >= 11 is 11.2. The highest BCUT2D eigenvalue weighted by Gasteiger charge is 2.12. The molecule has 0 aliphatic rings. The summed E-state index contributed by atoms with van der Waals surface area (Å²) in [4.78, 5) is 13.1. The van der Waals surface area contributed by atoms with Crippen LogP contribution in [0.4, 0.5) is 5.69 Å². The van der Waals surface area contributed by atoms with Crippen molar-refractivity contribution >= 4 is 56.1 Å². The smallest absolute Gasteiger partial charge is 0.256 e. The average Bonchev–Trinajstić information content (AvgIpc) is 2.38. The maximum absolute atomic E-state index is 12.3. The van der Waals surface area contributed by atoms with Gasteiger partial charge in [0.25, 0.3) is 5.91 Å². The summed E-state index contributed by atoms with van der Waals surface area (Å²) in [6.07, 6.45) is 0. The quantitative estimate of drug-likeness (QED) is 0.635. The Hall–Kier alpha value is -0.780. The van der Waals surface area contributed by atoms with Gasteiger partial charge in [-0.2, -0.15) is 0 Å². The van der Waals surface area contributed by atoms with E-state index in [0.29, 0.717) is 5.56 Å². The van der Waals surface area contributed by atoms with Gasteiger partial charge in [0.15, 0.2) is 0 Å². The fraction of sp³-hybridized carbons (Fsp3) is 0.133. The van der Waals surface area contributed by atoms with E-state index in [0.717, 1.165) is 30.7 Å². The van der Waals surface area contributed by atoms with E-state index in [1.54, 1.807) is 6.07 Å². The lowest BCUT2D eigenvalue weighted by atomic mass is 10.1. The number of hydrogen-bond donors (Lipinski definition) is 2. The summed E-state index contributed by atoms with van der Waals surface area (Å²) in [6.45, 7) is 3.99. The summed E-state index contributed by atoms with van der Waals surface area (Å²) < 4.78 is 1.81. The van der Waals surface area contributed by atoms with Crippen LogP contribution in [0.15, 0.2) is 44.2 Å². The topological polar surface area (TPSA) is 29.1 Å². The molecule has 2 aromatic rings. The maximum atomic E-state index is 12.3. The molecular weight excluding hydrogens is 402 g/mol. The van der Waals surface area contributed by atoms with Gasteiger partial charge >= 0.3 is 0 Å². The molecule has 0 saturated heterocycles. The van der Waals surface area contributed by atoms with Crippen molar-refractivity contribution in [3.05, 3.63) is 56.0 Å². The fourth-order valence-electron chi connectivity index (χ4n) is 1.90. The van der Waals surface area contributed by atoms with Gasteiger partial charge in [0, 0.05) is 19.5 Å². The lowest BCUT2D eigenvalue weighted by Crippen LogP contribution is -2.13. The van der Waals surface area contributed by atoms with Crippen molar-refractivity contribution in [2.75, 3.05) is 5.32 Å². The molecule has 2 nitrogen and oxygen atoms in total. The van der Waals surface area contributed by atoms with Crippen LogP contribution in [-0.2, 0) is 0 Å². The number of hydrogen-bond acceptors (Lipinski definition) is 2. The summed E-state index contributed by atoms with van der Waals surface area (Å²) in [7, 11) is 0. The van der Waals surface area contributed by atoms with Crippen LogP contribution in [-0.4, -0.2) is 5.91 Å². The lowest BCUT2D eigenvalue weighted by molar-refractivity contribution is 0.102. The molecule has 0 bridgehead atoms. The van der Waals surface area contributed by atoms with Gasteiger partial charge in [-0.05, 0) is 71.2 Å². The van der Waals surface area contributed by atoms with E-state index < -0.39 is 0 Å². The summed E-state index contributed by atoms with van der Waals surface area (Å²) in [6, 6.07) is 9.26. The molecule has 0 atom stereocenters. The first kappa shape index (κ1) is 15.6. The number of benzene rings is 2. The lowest BCUT2D eigenvalue weighted by Gasteiger charge is -2.11. The van der Waals surface area contributed by atoms with E-state index in [-0.39, 0.29) is 5.91 Å². The van der Waals surface area contributed by atoms with Crippen molar-refractivity contribution in [1.82, 2.24) is 0 Å². The molecule has 0 radical (unpaired) electrons. The third kappa shape index (κ3) is 3.45. The summed E-state index contributed by atoms with van der Waals surface area (Å²) in [5.41, 5.74) is 3.52. The number of thiol groups is 1. The highest BCUT2D eigenvalue weighted by Crippen LogP contribution is 2.26. The first-order valence-corrected chi connectivity index (χ1v) is 7.98. The minimum absolute atomic E-state index is 0.158. The van der Waals surface area contributed by atoms with Crippen molar-refractivity contribution in [1.29, 1.82) is 0 Å². The van der Waals surface area contributed by atoms with Gasteiger partial charge in [0.1, 0.15) is 0 Å². The Labute approximate surface area is 140 Å². The van der Waals surface area contributed by atoms with Crippen molar-refractivity contribution in [3.63, 3.8) is 0 Å². The second-order valence-electron chi connectivity index (χ2n) is 4.54. The van der Waals surface area contributed by atoms with Crippen LogP contribution < -0.4 is 5.32 Å². The van der Waals surface area contributed by atoms with Gasteiger partial charge in [0.2, 0.25) is 0 Å². The van der Waals surface area contributed by atoms with Gasteiger partial charge < -0.3 is 5.32 Å². The molecule has 0 unspecified atom stereocenters. The van der Waals surface area contributed by atoms with Crippen LogP contribution >= 0.6 is 44.5 Å². The van der Waals surface area contributed by atoms with E-state index >= 15 is 0 Å². The molecule has 2 aromatic carbocycles. The zero-order valence-electron chi connectivity index (χ0n) is 11.0. The first-order chi connectivity index (χ1) is 9.38. The summed E-state index contributed by atoms with van der Waals surface area (Å²) in [5, 5.41) is 2.91. The Bertz CT molecular complexity index is 663. The zero-order valence-corrected chi connectivity index (χ0v) is 15.1. The van der Waals surface area contributed by atoms with Crippen LogP contribution in [0.1, 0.15) is 21.5 Å². The monoisotopic (exact) mass is 413 g/mol. The predicted molar refractivity (Wildman–Crippen MR) is 93.0 cm³/mol. The van der Waals surface area contributed by atoms with Crippen molar-refractivity contribution in [2.24, 2.45) is 0 Å². The van der Waals surface area contributed by atoms with E-state index in [2.05, 4.69) is 49.8 Å². The zero-order chi connectivity index (χ0) is 14.9. The van der Waals surface area contributed by atoms with Crippen molar-refractivity contribution < 1.29 is 4.79 Å². The van der Waals surface area contributed by atoms with E-state index in [4.69, 9.17) is 0 Å². The van der Waals surface area contributed by atoms with Gasteiger partial charge in [-0.1, -0.05) is 15.9 Å². The van der Waals surface area contributed by atoms with E-state index in [9.17, 15) is 4.79 Å². The molecule has 0 aromatic heterocycles. The Balaban J connectivity index is 2.30. The van der Waals surface area contributed by atoms with Gasteiger partial charge in [0.05, 0.1) is 5.56 Å². The minimum atomic E-state index is -0.158. The molecule has 0 saturated carbocycles. The van der Waals surface area contributed by atoms with Gasteiger partial charge in [-0.25, -0.2) is 0 Å². The fourth-order valence-corrected chi connectivity index (χ4v) is 2.76. The standard InChI is InChI=1S/C15H13Br2NOS/c1-8-5-10(6-9(2)14(8)17)18-15(19)12-7-11(20)3-4-13(12)16/h3-7,20H,1-2H3,(H,18,19). The number of aryl methyl sites for hydroxylation is 2. The molecule has 1 amide bonds. The molecular formula is C15H13Br2NOS. The molecule has 0 aliphatic heterocycles. The largest absolute Gasteiger partial charge is 0.322 e. The van der Waals surface area contributed by atoms with E-state index in [1.165, 1.54) is 0 Å². The predicted octanol–water partition coefficient (Wildman–Crippen LogP) is 5.37. The van der Waals surface area contributed by atoms with E-state index in [1.807, 2.05) is 38.1 Å². The number of halogens is 2. The SMILES string of the molecule is Cc1cc(NC(=O)c2cc(S)ccc2Br)cc(C)c1Br. The number of nitrogens with one attached hydrogen (secondary N) is 1. The van der Waals surface area contributed by atoms with Crippen LogP contribution in [0.2, 0.25) is 0 Å². The number of carbonyl (C=O) groups excluding carboxylic acids is 1. The first-order valence-electron chi connectivity index (χ1n) is 5.95. The minimum Gasteiger partial charge on any atom is -0.322 e. The molecule has 5 heteroatoms. The Morgan fingerprint density at radius 1 is 1.10 bits per heavy atom. The second-order valence-corrected chi connectivity index (χ2v) is 6.71. The molecule has 0 aliphatic carbocycles. The van der Waals surface area contributed by atoms with Gasteiger partial charge in [-0.3, -0.25) is 4.79 Å². The third-order valence-electron chi connectivity index (χ3n) is 2.89. The third-order valence-corrected chi connectivity index (χ3v) is 5.11. The molecule has 0 spiro atoms. The normalized spacial score (nSPS) is 10.4. The van der Waals surface area contributed by atoms with Crippen LogP contribution in [0.25, 0.3) is 0 Å². The Morgan fingerprint density at radius 2 is 1.70 bits per heavy atom. The molecule has 0 fully saturated rings. The molecule has 1 N–H and O–H groups in total. The Morgan fingerprint density at radius 3 is 2.30 bits per heavy atom. The number of amides is 1. The highest BCUT2D eigenvalue weighted by molar-refractivity contribution is 9.10. The van der Waals surface area contributed by atoms with Crippen LogP contribution in [0, 0.1) is 13.8 Å². The summed E-state index contributed by atoms with van der Waals surface area (Å²) in [5.74, 6) is -0.158. The van der Waals surface area contributed by atoms with Crippen molar-refractivity contribution in [3.8, 4) is 0 Å². The van der Waals surface area contributed by atoms with Crippen LogP contribution in [0.5, 0.6) is 0 Å². The number of carbonyl (C=O) groups is 1. The Kier molecular flexibility index (Phi) is 4.94. The average molecular weight is 415 g/mol. The van der Waals surface area contributed by atoms with Crippen LogP contribution in [0.3, 0.4) is 0 Å². The highest BCUT2D eigenvalue weighted by atomic mass is 79.9. The van der Waals surface area contributed by atoms with Crippen molar-refractivity contribution in [2.45, 2.75) is 18.7 Å². The second kappa shape index (κ2) is 6.33. The molecule has 0 heterocycles. The number of rotatable bonds is 2. The van der Waals surface area contributed by atoms with Gasteiger partial charge in [-0.15, -0.1) is 12.6 Å². The molecule has 2 rings (SSSR count). The molecule has 20 heavy (non-hydrogen) atoms. The number of anilines is 1. The molecule has 104 valence electrons. The maximum Gasteiger partial charge on any atom is 0.256 e.